The van der Waals surface area contributed by atoms with Crippen molar-refractivity contribution in [3.8, 4) is 0 Å². The average molecular weight is 359 g/mol. The van der Waals surface area contributed by atoms with Crippen molar-refractivity contribution < 1.29 is 24.4 Å². The maximum atomic E-state index is 12.3. The standard InChI is InChI=1S/C17H22BN3O5/c1-11-19-13-4-2-3-5-14(13)21(11)9-8-16(22)20-15-7-6-12(10-17(23)24)26-18(15)25/h2-5,12,15,25H,6-10H2,1H3,(H,20,22)(H,23,24)/t12-,15-/m0/s1. The molecular weight excluding hydrogens is 337 g/mol. The molecule has 0 spiro atoms. The predicted octanol–water partition coefficient (Wildman–Crippen LogP) is 0.893. The van der Waals surface area contributed by atoms with Gasteiger partial charge < -0.3 is 24.7 Å². The number of aryl methyl sites for hydroxylation is 2. The predicted molar refractivity (Wildman–Crippen MR) is 95.4 cm³/mol. The molecule has 138 valence electrons. The number of aliphatic carboxylic acids is 1. The zero-order valence-electron chi connectivity index (χ0n) is 14.6. The Hall–Kier alpha value is -2.39. The minimum atomic E-state index is -1.19. The smallest absolute Gasteiger partial charge is 0.478 e. The number of imidazole rings is 1. The number of amides is 1. The normalized spacial score (nSPS) is 20.3. The number of rotatable bonds is 6. The number of fused-ring (bicyclic) bond motifs is 1. The summed E-state index contributed by atoms with van der Waals surface area (Å²) in [6, 6.07) is 7.76. The number of carbonyl (C=O) groups is 2. The van der Waals surface area contributed by atoms with Crippen LogP contribution in [0.25, 0.3) is 11.0 Å². The van der Waals surface area contributed by atoms with Crippen LogP contribution in [0.1, 0.15) is 31.5 Å². The maximum absolute atomic E-state index is 12.3. The summed E-state index contributed by atoms with van der Waals surface area (Å²) in [6.07, 6.45) is 0.557. The van der Waals surface area contributed by atoms with Gasteiger partial charge in [0.2, 0.25) is 5.91 Å². The van der Waals surface area contributed by atoms with Crippen molar-refractivity contribution in [1.29, 1.82) is 0 Å². The first-order valence-corrected chi connectivity index (χ1v) is 8.70. The molecule has 3 rings (SSSR count). The second-order valence-electron chi connectivity index (χ2n) is 6.55. The van der Waals surface area contributed by atoms with Crippen molar-refractivity contribution in [3.05, 3.63) is 30.1 Å². The molecular formula is C17H22BN3O5. The van der Waals surface area contributed by atoms with Gasteiger partial charge in [-0.3, -0.25) is 9.59 Å². The van der Waals surface area contributed by atoms with E-state index in [-0.39, 0.29) is 18.7 Å². The first kappa shape index (κ1) is 18.4. The van der Waals surface area contributed by atoms with E-state index in [1.165, 1.54) is 0 Å². The molecule has 26 heavy (non-hydrogen) atoms. The number of nitrogens with one attached hydrogen (secondary N) is 1. The van der Waals surface area contributed by atoms with Gasteiger partial charge in [0, 0.05) is 13.0 Å². The van der Waals surface area contributed by atoms with Gasteiger partial charge in [-0.05, 0) is 31.9 Å². The number of hydrogen-bond acceptors (Lipinski definition) is 5. The minimum absolute atomic E-state index is 0.148. The van der Waals surface area contributed by atoms with Crippen LogP contribution < -0.4 is 5.32 Å². The van der Waals surface area contributed by atoms with Crippen molar-refractivity contribution >= 4 is 30.0 Å². The SMILES string of the molecule is Cc1nc2ccccc2n1CCC(=O)N[C@H]1CC[C@@H](CC(=O)O)OB1O. The Bertz CT molecular complexity index is 809. The molecule has 1 saturated heterocycles. The van der Waals surface area contributed by atoms with Crippen molar-refractivity contribution in [1.82, 2.24) is 14.9 Å². The Labute approximate surface area is 151 Å². The molecule has 1 fully saturated rings. The van der Waals surface area contributed by atoms with Crippen LogP contribution in [0.5, 0.6) is 0 Å². The average Bonchev–Trinajstić information content (AvgIpc) is 2.90. The van der Waals surface area contributed by atoms with Crippen LogP contribution in [0.3, 0.4) is 0 Å². The monoisotopic (exact) mass is 359 g/mol. The van der Waals surface area contributed by atoms with Gasteiger partial charge in [-0.1, -0.05) is 12.1 Å². The quantitative estimate of drug-likeness (QED) is 0.661. The van der Waals surface area contributed by atoms with Crippen LogP contribution in [-0.4, -0.2) is 50.7 Å². The highest BCUT2D eigenvalue weighted by atomic mass is 16.5. The fraction of sp³-hybridized carbons (Fsp3) is 0.471. The number of nitrogens with zero attached hydrogens (tertiary/aromatic N) is 2. The maximum Gasteiger partial charge on any atom is 0.478 e. The zero-order chi connectivity index (χ0) is 18.7. The summed E-state index contributed by atoms with van der Waals surface area (Å²) in [4.78, 5) is 27.4. The van der Waals surface area contributed by atoms with Crippen molar-refractivity contribution in [3.63, 3.8) is 0 Å². The van der Waals surface area contributed by atoms with Gasteiger partial charge in [-0.2, -0.15) is 0 Å². The number of carboxylic acid groups (broad SMARTS) is 1. The summed E-state index contributed by atoms with van der Waals surface area (Å²) < 4.78 is 7.27. The molecule has 1 aromatic heterocycles. The second-order valence-corrected chi connectivity index (χ2v) is 6.55. The molecule has 0 saturated carbocycles. The molecule has 9 heteroatoms. The zero-order valence-corrected chi connectivity index (χ0v) is 14.6. The lowest BCUT2D eigenvalue weighted by atomic mass is 9.72. The van der Waals surface area contributed by atoms with Crippen LogP contribution in [0, 0.1) is 6.92 Å². The van der Waals surface area contributed by atoms with Gasteiger partial charge in [-0.25, -0.2) is 4.98 Å². The van der Waals surface area contributed by atoms with Crippen molar-refractivity contribution in [2.75, 3.05) is 0 Å². The molecule has 1 aliphatic heterocycles. The van der Waals surface area contributed by atoms with Crippen LogP contribution in [0.4, 0.5) is 0 Å². The fourth-order valence-electron chi connectivity index (χ4n) is 3.33. The van der Waals surface area contributed by atoms with E-state index in [1.54, 1.807) is 0 Å². The molecule has 1 amide bonds. The number of carboxylic acids is 1. The number of carbonyl (C=O) groups excluding carboxylic acids is 1. The molecule has 0 bridgehead atoms. The van der Waals surface area contributed by atoms with Crippen LogP contribution in [0.15, 0.2) is 24.3 Å². The molecule has 0 unspecified atom stereocenters. The lowest BCUT2D eigenvalue weighted by Gasteiger charge is -2.30. The highest BCUT2D eigenvalue weighted by molar-refractivity contribution is 6.45. The third-order valence-corrected chi connectivity index (χ3v) is 4.63. The van der Waals surface area contributed by atoms with E-state index in [4.69, 9.17) is 9.76 Å². The van der Waals surface area contributed by atoms with E-state index in [9.17, 15) is 14.6 Å². The molecule has 0 radical (unpaired) electrons. The third-order valence-electron chi connectivity index (χ3n) is 4.63. The largest absolute Gasteiger partial charge is 0.481 e. The lowest BCUT2D eigenvalue weighted by molar-refractivity contribution is -0.139. The van der Waals surface area contributed by atoms with Gasteiger partial charge in [0.05, 0.1) is 29.5 Å². The molecule has 2 atom stereocenters. The van der Waals surface area contributed by atoms with E-state index in [2.05, 4.69) is 10.3 Å². The Kier molecular flexibility index (Phi) is 5.58. The summed E-state index contributed by atoms with van der Waals surface area (Å²) in [5, 5.41) is 21.6. The molecule has 1 aromatic carbocycles. The number of aromatic nitrogens is 2. The first-order chi connectivity index (χ1) is 12.4. The summed E-state index contributed by atoms with van der Waals surface area (Å²) in [6.45, 7) is 2.39. The molecule has 3 N–H and O–H groups in total. The van der Waals surface area contributed by atoms with E-state index >= 15 is 0 Å². The topological polar surface area (TPSA) is 114 Å². The van der Waals surface area contributed by atoms with Gasteiger partial charge in [0.25, 0.3) is 0 Å². The number of hydrogen-bond donors (Lipinski definition) is 3. The molecule has 1 aliphatic rings. The summed E-state index contributed by atoms with van der Waals surface area (Å²) in [5.41, 5.74) is 1.88. The van der Waals surface area contributed by atoms with Gasteiger partial charge in [-0.15, -0.1) is 0 Å². The van der Waals surface area contributed by atoms with E-state index in [1.807, 2.05) is 35.8 Å². The Balaban J connectivity index is 1.53. The summed E-state index contributed by atoms with van der Waals surface area (Å²) in [5.74, 6) is -0.830. The molecule has 8 nitrogen and oxygen atoms in total. The van der Waals surface area contributed by atoms with Gasteiger partial charge >= 0.3 is 13.1 Å². The van der Waals surface area contributed by atoms with E-state index < -0.39 is 25.1 Å². The summed E-state index contributed by atoms with van der Waals surface area (Å²) >= 11 is 0. The molecule has 0 aliphatic carbocycles. The third kappa shape index (κ3) is 4.23. The Morgan fingerprint density at radius 2 is 2.15 bits per heavy atom. The van der Waals surface area contributed by atoms with Crippen molar-refractivity contribution in [2.24, 2.45) is 0 Å². The van der Waals surface area contributed by atoms with Crippen molar-refractivity contribution in [2.45, 2.75) is 51.2 Å². The lowest BCUT2D eigenvalue weighted by Crippen LogP contribution is -2.53. The highest BCUT2D eigenvalue weighted by Gasteiger charge is 2.36. The number of benzene rings is 1. The van der Waals surface area contributed by atoms with E-state index in [0.29, 0.717) is 19.4 Å². The van der Waals surface area contributed by atoms with Gasteiger partial charge in [0.1, 0.15) is 5.82 Å². The summed E-state index contributed by atoms with van der Waals surface area (Å²) in [7, 11) is -1.19. The first-order valence-electron chi connectivity index (χ1n) is 8.70. The Morgan fingerprint density at radius 3 is 2.88 bits per heavy atom. The minimum Gasteiger partial charge on any atom is -0.481 e. The highest BCUT2D eigenvalue weighted by Crippen LogP contribution is 2.19. The fourth-order valence-corrected chi connectivity index (χ4v) is 3.33. The number of para-hydroxylation sites is 2. The van der Waals surface area contributed by atoms with E-state index in [0.717, 1.165) is 16.9 Å². The molecule has 2 heterocycles. The van der Waals surface area contributed by atoms with Crippen LogP contribution in [-0.2, 0) is 20.8 Å². The Morgan fingerprint density at radius 1 is 1.38 bits per heavy atom. The van der Waals surface area contributed by atoms with Gasteiger partial charge in [0.15, 0.2) is 0 Å². The molecule has 2 aromatic rings. The van der Waals surface area contributed by atoms with Crippen LogP contribution >= 0.6 is 0 Å². The van der Waals surface area contributed by atoms with Crippen LogP contribution in [0.2, 0.25) is 0 Å². The second kappa shape index (κ2) is 7.88.